The lowest BCUT2D eigenvalue weighted by Crippen LogP contribution is -1.96. The van der Waals surface area contributed by atoms with Gasteiger partial charge in [0.15, 0.2) is 0 Å². The molecule has 4 heteroatoms. The van der Waals surface area contributed by atoms with Gasteiger partial charge in [-0.25, -0.2) is 9.97 Å². The molecule has 3 aromatic heterocycles. The minimum absolute atomic E-state index is 0.947. The Bertz CT molecular complexity index is 1990. The minimum atomic E-state index is 0.947. The molecule has 242 valence electrons. The Morgan fingerprint density at radius 2 is 0.917 bits per heavy atom. The molecule has 4 nitrogen and oxygen atoms in total. The molecule has 0 saturated carbocycles. The van der Waals surface area contributed by atoms with Crippen molar-refractivity contribution >= 4 is 57.5 Å². The maximum atomic E-state index is 5.34. The standard InChI is InChI=1S/C44H46N4/c1-3-5-7-9-11-21-33-35-23-27-39(45-35)43(31-17-13-14-18-31)41-29-25-37(47-41)34(22-12-10-8-6-4-2)38-26-30-42(48-38)44(32-19-15-16-20-32)40-28-24-36(33)46-40/h13-17,19,23-30,45-46H,3-12,21-22H2,1-2H3. The van der Waals surface area contributed by atoms with E-state index in [9.17, 15) is 0 Å². The van der Waals surface area contributed by atoms with Crippen LogP contribution in [0.5, 0.6) is 0 Å². The predicted molar refractivity (Wildman–Crippen MR) is 205 cm³/mol. The molecule has 2 aliphatic heterocycles. The molecular formula is C44H46N4. The van der Waals surface area contributed by atoms with Crippen LogP contribution in [0.2, 0.25) is 0 Å². The molecule has 0 fully saturated rings. The van der Waals surface area contributed by atoms with Crippen LogP contribution in [0.15, 0.2) is 72.2 Å². The van der Waals surface area contributed by atoms with E-state index in [-0.39, 0.29) is 0 Å². The smallest absolute Gasteiger partial charge is 0.0743 e. The van der Waals surface area contributed by atoms with Crippen LogP contribution in [0, 0.1) is 0 Å². The molecule has 2 N–H and O–H groups in total. The maximum Gasteiger partial charge on any atom is 0.0743 e. The van der Waals surface area contributed by atoms with Crippen molar-refractivity contribution in [1.29, 1.82) is 0 Å². The van der Waals surface area contributed by atoms with Crippen LogP contribution in [0.1, 0.15) is 123 Å². The third-order valence-electron chi connectivity index (χ3n) is 9.77. The second kappa shape index (κ2) is 14.9. The number of unbranched alkanes of at least 4 members (excludes halogenated alkanes) is 8. The number of aromatic nitrogens is 4. The molecule has 5 heterocycles. The Labute approximate surface area is 284 Å². The Hall–Kier alpha value is -4.88. The summed E-state index contributed by atoms with van der Waals surface area (Å²) in [5, 5.41) is 0. The number of fused-ring (bicyclic) bond motifs is 8. The number of hydrogen-bond acceptors (Lipinski definition) is 2. The van der Waals surface area contributed by atoms with Crippen LogP contribution in [-0.4, -0.2) is 19.9 Å². The largest absolute Gasteiger partial charge is 0.355 e. The van der Waals surface area contributed by atoms with E-state index in [1.165, 1.54) is 62.5 Å². The van der Waals surface area contributed by atoms with Crippen molar-refractivity contribution in [2.45, 2.75) is 90.9 Å². The van der Waals surface area contributed by atoms with Crippen LogP contribution in [0.25, 0.3) is 57.5 Å². The van der Waals surface area contributed by atoms with Gasteiger partial charge in [-0.3, -0.25) is 0 Å². The van der Waals surface area contributed by atoms with E-state index in [2.05, 4.69) is 108 Å². The molecule has 2 aliphatic carbocycles. The van der Waals surface area contributed by atoms with Crippen LogP contribution in [-0.2, 0) is 12.8 Å². The van der Waals surface area contributed by atoms with Gasteiger partial charge in [0.05, 0.1) is 22.8 Å². The highest BCUT2D eigenvalue weighted by Gasteiger charge is 2.19. The van der Waals surface area contributed by atoms with Gasteiger partial charge in [-0.15, -0.1) is 11.5 Å². The van der Waals surface area contributed by atoms with Gasteiger partial charge in [-0.2, -0.15) is 0 Å². The van der Waals surface area contributed by atoms with Gasteiger partial charge in [0.25, 0.3) is 0 Å². The van der Waals surface area contributed by atoms with Gasteiger partial charge in [-0.05, 0) is 104 Å². The third kappa shape index (κ3) is 6.74. The first kappa shape index (κ1) is 31.7. The number of nitrogens with zero attached hydrogens (tertiary/aromatic N) is 2. The van der Waals surface area contributed by atoms with Crippen LogP contribution < -0.4 is 0 Å². The van der Waals surface area contributed by atoms with E-state index >= 15 is 0 Å². The number of rotatable bonds is 14. The number of aromatic amines is 2. The minimum Gasteiger partial charge on any atom is -0.355 e. The van der Waals surface area contributed by atoms with Crippen LogP contribution in [0.4, 0.5) is 0 Å². The van der Waals surface area contributed by atoms with E-state index in [1.807, 2.05) is 12.2 Å². The monoisotopic (exact) mass is 630 g/mol. The van der Waals surface area contributed by atoms with Crippen LogP contribution in [0.3, 0.4) is 0 Å². The first-order valence-corrected chi connectivity index (χ1v) is 18.1. The quantitative estimate of drug-likeness (QED) is 0.0947. The fraction of sp³-hybridized carbons (Fsp3) is 0.318. The van der Waals surface area contributed by atoms with Crippen molar-refractivity contribution in [3.05, 3.63) is 117 Å². The molecule has 48 heavy (non-hydrogen) atoms. The lowest BCUT2D eigenvalue weighted by Gasteiger charge is -2.06. The molecule has 0 atom stereocenters. The van der Waals surface area contributed by atoms with Crippen LogP contribution >= 0.6 is 0 Å². The van der Waals surface area contributed by atoms with Crippen molar-refractivity contribution in [2.75, 3.05) is 0 Å². The summed E-state index contributed by atoms with van der Waals surface area (Å²) in [6.07, 6.45) is 35.4. The zero-order valence-corrected chi connectivity index (χ0v) is 28.5. The number of nitrogens with one attached hydrogen (secondary N) is 2. The van der Waals surface area contributed by atoms with Gasteiger partial charge < -0.3 is 9.97 Å². The highest BCUT2D eigenvalue weighted by molar-refractivity contribution is 5.95. The fourth-order valence-corrected chi connectivity index (χ4v) is 7.20. The molecule has 0 aromatic carbocycles. The number of allylic oxidation sites excluding steroid dienone is 6. The molecule has 4 aliphatic rings. The summed E-state index contributed by atoms with van der Waals surface area (Å²) in [6, 6.07) is 8.93. The second-order valence-corrected chi connectivity index (χ2v) is 13.2. The summed E-state index contributed by atoms with van der Waals surface area (Å²) in [5.74, 6) is 0. The normalized spacial score (nSPS) is 14.1. The summed E-state index contributed by atoms with van der Waals surface area (Å²) in [7, 11) is 0. The lowest BCUT2D eigenvalue weighted by atomic mass is 10.0. The number of H-pyrrole nitrogens is 2. The summed E-state index contributed by atoms with van der Waals surface area (Å²) >= 11 is 0. The molecule has 0 saturated heterocycles. The highest BCUT2D eigenvalue weighted by atomic mass is 14.8. The average molecular weight is 631 g/mol. The molecule has 0 unspecified atom stereocenters. The molecular weight excluding hydrogens is 585 g/mol. The van der Waals surface area contributed by atoms with E-state index in [4.69, 9.17) is 9.97 Å². The Balaban J connectivity index is 1.50. The Morgan fingerprint density at radius 3 is 1.38 bits per heavy atom. The first-order chi connectivity index (χ1) is 23.7. The SMILES string of the molecule is CCCCCCCc1c2nc(c(C3=C=CC=C3)c3ccc([nH]3)c(CCCCCCC)c3ccc([nH]3)c(C3=C=CC=C3)c3nc1C=C3)C=C2. The zero-order valence-electron chi connectivity index (χ0n) is 28.5. The van der Waals surface area contributed by atoms with Crippen molar-refractivity contribution in [3.63, 3.8) is 0 Å². The lowest BCUT2D eigenvalue weighted by molar-refractivity contribution is 0.631. The summed E-state index contributed by atoms with van der Waals surface area (Å²) in [4.78, 5) is 18.4. The molecule has 0 radical (unpaired) electrons. The second-order valence-electron chi connectivity index (χ2n) is 13.2. The molecule has 0 amide bonds. The first-order valence-electron chi connectivity index (χ1n) is 18.1. The van der Waals surface area contributed by atoms with Crippen molar-refractivity contribution < 1.29 is 0 Å². The Morgan fingerprint density at radius 1 is 0.479 bits per heavy atom. The topological polar surface area (TPSA) is 57.4 Å². The van der Waals surface area contributed by atoms with Gasteiger partial charge in [0.2, 0.25) is 0 Å². The molecule has 7 rings (SSSR count). The fourth-order valence-electron chi connectivity index (χ4n) is 7.20. The van der Waals surface area contributed by atoms with Gasteiger partial charge in [0, 0.05) is 49.9 Å². The van der Waals surface area contributed by atoms with Crippen molar-refractivity contribution in [1.82, 2.24) is 19.9 Å². The number of aryl methyl sites for hydroxylation is 1. The number of hydrogen-bond donors (Lipinski definition) is 2. The zero-order chi connectivity index (χ0) is 32.7. The van der Waals surface area contributed by atoms with E-state index < -0.39 is 0 Å². The predicted octanol–water partition coefficient (Wildman–Crippen LogP) is 11.9. The summed E-state index contributed by atoms with van der Waals surface area (Å²) < 4.78 is 0. The molecule has 0 spiro atoms. The van der Waals surface area contributed by atoms with Gasteiger partial charge >= 0.3 is 0 Å². The molecule has 3 aromatic rings. The van der Waals surface area contributed by atoms with E-state index in [0.717, 1.165) is 92.8 Å². The van der Waals surface area contributed by atoms with E-state index in [0.29, 0.717) is 0 Å². The van der Waals surface area contributed by atoms with Crippen molar-refractivity contribution in [2.24, 2.45) is 0 Å². The van der Waals surface area contributed by atoms with Gasteiger partial charge in [-0.1, -0.05) is 77.4 Å². The van der Waals surface area contributed by atoms with Gasteiger partial charge in [0.1, 0.15) is 0 Å². The van der Waals surface area contributed by atoms with Crippen molar-refractivity contribution in [3.8, 4) is 0 Å². The third-order valence-corrected chi connectivity index (χ3v) is 9.77. The Kier molecular flexibility index (Phi) is 9.85. The van der Waals surface area contributed by atoms with E-state index in [1.54, 1.807) is 0 Å². The average Bonchev–Trinajstić information content (AvgIpc) is 3.94. The highest BCUT2D eigenvalue weighted by Crippen LogP contribution is 2.33. The summed E-state index contributed by atoms with van der Waals surface area (Å²) in [5.41, 5.74) is 22.1. The summed E-state index contributed by atoms with van der Waals surface area (Å²) in [6.45, 7) is 4.54. The molecule has 8 bridgehead atoms. The maximum absolute atomic E-state index is 5.34.